The van der Waals surface area contributed by atoms with Crippen molar-refractivity contribution in [2.75, 3.05) is 0 Å². The summed E-state index contributed by atoms with van der Waals surface area (Å²) in [7, 11) is 0. The number of benzene rings is 2. The van der Waals surface area contributed by atoms with E-state index in [4.69, 9.17) is 4.42 Å². The quantitative estimate of drug-likeness (QED) is 0.629. The number of carbonyl (C=O) groups is 1. The Hall–Kier alpha value is -1.59. The summed E-state index contributed by atoms with van der Waals surface area (Å²) in [4.78, 5) is 16.8. The molecule has 0 unspecified atom stereocenters. The average molecular weight is 348 g/mol. The van der Waals surface area contributed by atoms with Gasteiger partial charge in [-0.1, -0.05) is 28.1 Å². The second-order valence-electron chi connectivity index (χ2n) is 4.25. The third-order valence-corrected chi connectivity index (χ3v) is 4.29. The number of oxazole rings is 1. The largest absolute Gasteiger partial charge is 0.431 e. The van der Waals surface area contributed by atoms with Gasteiger partial charge in [0.2, 0.25) is 0 Å². The smallest absolute Gasteiger partial charge is 0.261 e. The maximum atomic E-state index is 11.4. The summed E-state index contributed by atoms with van der Waals surface area (Å²) in [5, 5.41) is 0.591. The van der Waals surface area contributed by atoms with Gasteiger partial charge in [-0.3, -0.25) is 4.79 Å². The fourth-order valence-electron chi connectivity index (χ4n) is 1.84. The predicted octanol–water partition coefficient (Wildman–Crippen LogP) is 4.94. The topological polar surface area (TPSA) is 43.1 Å². The standard InChI is InChI=1S/C15H10BrNO2S/c1-9(18)11-7-6-10(8-12(11)16)20-15-17-13-4-2-3-5-14(13)19-15/h2-8H,1H3. The molecule has 100 valence electrons. The van der Waals surface area contributed by atoms with E-state index in [1.165, 1.54) is 11.8 Å². The minimum atomic E-state index is 0.0373. The Morgan fingerprint density at radius 2 is 2.05 bits per heavy atom. The molecule has 5 heteroatoms. The van der Waals surface area contributed by atoms with Crippen LogP contribution in [0.15, 0.2) is 61.5 Å². The molecule has 0 aliphatic rings. The fourth-order valence-corrected chi connectivity index (χ4v) is 3.44. The summed E-state index contributed by atoms with van der Waals surface area (Å²) < 4.78 is 6.44. The summed E-state index contributed by atoms with van der Waals surface area (Å²) >= 11 is 4.84. The maximum absolute atomic E-state index is 11.4. The molecule has 3 aromatic rings. The van der Waals surface area contributed by atoms with Crippen LogP contribution in [-0.4, -0.2) is 10.8 Å². The van der Waals surface area contributed by atoms with Crippen LogP contribution in [0.4, 0.5) is 0 Å². The van der Waals surface area contributed by atoms with Crippen LogP contribution >= 0.6 is 27.7 Å². The fraction of sp³-hybridized carbons (Fsp3) is 0.0667. The molecule has 0 spiro atoms. The molecular weight excluding hydrogens is 338 g/mol. The van der Waals surface area contributed by atoms with Crippen LogP contribution in [-0.2, 0) is 0 Å². The molecule has 0 radical (unpaired) electrons. The molecule has 0 fully saturated rings. The highest BCUT2D eigenvalue weighted by atomic mass is 79.9. The van der Waals surface area contributed by atoms with Crippen molar-refractivity contribution in [2.24, 2.45) is 0 Å². The molecule has 0 atom stereocenters. The van der Waals surface area contributed by atoms with Gasteiger partial charge in [0.1, 0.15) is 5.52 Å². The van der Waals surface area contributed by atoms with Crippen molar-refractivity contribution in [2.45, 2.75) is 17.0 Å². The van der Waals surface area contributed by atoms with Gasteiger partial charge in [0.25, 0.3) is 5.22 Å². The Bertz CT molecular complexity index is 764. The molecule has 0 aliphatic carbocycles. The molecule has 0 saturated heterocycles. The van der Waals surface area contributed by atoms with Gasteiger partial charge in [0, 0.05) is 14.9 Å². The van der Waals surface area contributed by atoms with Gasteiger partial charge in [0.05, 0.1) is 0 Å². The van der Waals surface area contributed by atoms with Crippen LogP contribution < -0.4 is 0 Å². The van der Waals surface area contributed by atoms with Crippen molar-refractivity contribution in [3.8, 4) is 0 Å². The number of halogens is 1. The number of hydrogen-bond donors (Lipinski definition) is 0. The van der Waals surface area contributed by atoms with Crippen molar-refractivity contribution in [1.29, 1.82) is 0 Å². The average Bonchev–Trinajstić information content (AvgIpc) is 2.80. The number of Topliss-reactive ketones (excluding diaryl/α,β-unsaturated/α-hetero) is 1. The lowest BCUT2D eigenvalue weighted by molar-refractivity contribution is 0.101. The minimum Gasteiger partial charge on any atom is -0.431 e. The van der Waals surface area contributed by atoms with Crippen LogP contribution in [0.25, 0.3) is 11.1 Å². The number of nitrogens with zero attached hydrogens (tertiary/aromatic N) is 1. The minimum absolute atomic E-state index is 0.0373. The van der Waals surface area contributed by atoms with Crippen LogP contribution in [0.5, 0.6) is 0 Å². The molecule has 0 bridgehead atoms. The van der Waals surface area contributed by atoms with Gasteiger partial charge in [-0.25, -0.2) is 4.98 Å². The Morgan fingerprint density at radius 3 is 2.75 bits per heavy atom. The number of ketones is 1. The van der Waals surface area contributed by atoms with E-state index < -0.39 is 0 Å². The van der Waals surface area contributed by atoms with Crippen molar-refractivity contribution >= 4 is 44.6 Å². The van der Waals surface area contributed by atoms with Crippen LogP contribution in [0.2, 0.25) is 0 Å². The molecular formula is C15H10BrNO2S. The predicted molar refractivity (Wildman–Crippen MR) is 82.3 cm³/mol. The highest BCUT2D eigenvalue weighted by Gasteiger charge is 2.10. The highest BCUT2D eigenvalue weighted by molar-refractivity contribution is 9.10. The summed E-state index contributed by atoms with van der Waals surface area (Å²) in [6.07, 6.45) is 0. The van der Waals surface area contributed by atoms with Gasteiger partial charge in [-0.2, -0.15) is 0 Å². The molecule has 0 amide bonds. The molecule has 1 aromatic heterocycles. The van der Waals surface area contributed by atoms with Gasteiger partial charge < -0.3 is 4.42 Å². The van der Waals surface area contributed by atoms with Gasteiger partial charge >= 0.3 is 0 Å². The van der Waals surface area contributed by atoms with Crippen molar-refractivity contribution in [3.63, 3.8) is 0 Å². The van der Waals surface area contributed by atoms with E-state index in [2.05, 4.69) is 20.9 Å². The first-order valence-electron chi connectivity index (χ1n) is 5.97. The van der Waals surface area contributed by atoms with E-state index in [9.17, 15) is 4.79 Å². The number of para-hydroxylation sites is 2. The Balaban J connectivity index is 1.90. The number of hydrogen-bond acceptors (Lipinski definition) is 4. The van der Waals surface area contributed by atoms with E-state index in [0.29, 0.717) is 10.8 Å². The molecule has 0 aliphatic heterocycles. The first-order valence-corrected chi connectivity index (χ1v) is 7.58. The Kier molecular flexibility index (Phi) is 3.63. The zero-order valence-corrected chi connectivity index (χ0v) is 13.0. The third kappa shape index (κ3) is 2.64. The first kappa shape index (κ1) is 13.4. The Morgan fingerprint density at radius 1 is 1.25 bits per heavy atom. The number of rotatable bonds is 3. The van der Waals surface area contributed by atoms with E-state index in [0.717, 1.165) is 20.5 Å². The summed E-state index contributed by atoms with van der Waals surface area (Å²) in [6, 6.07) is 13.2. The van der Waals surface area contributed by atoms with Gasteiger partial charge in [0.15, 0.2) is 11.4 Å². The van der Waals surface area contributed by atoms with E-state index in [1.807, 2.05) is 36.4 Å². The zero-order chi connectivity index (χ0) is 14.1. The summed E-state index contributed by atoms with van der Waals surface area (Å²) in [6.45, 7) is 1.55. The van der Waals surface area contributed by atoms with E-state index in [-0.39, 0.29) is 5.78 Å². The maximum Gasteiger partial charge on any atom is 0.261 e. The zero-order valence-electron chi connectivity index (χ0n) is 10.6. The van der Waals surface area contributed by atoms with Gasteiger partial charge in [-0.05, 0) is 49.0 Å². The summed E-state index contributed by atoms with van der Waals surface area (Å²) in [5.41, 5.74) is 2.29. The lowest BCUT2D eigenvalue weighted by Crippen LogP contribution is -1.93. The second kappa shape index (κ2) is 5.42. The SMILES string of the molecule is CC(=O)c1ccc(Sc2nc3ccccc3o2)cc1Br. The molecule has 2 aromatic carbocycles. The lowest BCUT2D eigenvalue weighted by atomic mass is 10.2. The number of carbonyl (C=O) groups excluding carboxylic acids is 1. The van der Waals surface area contributed by atoms with Crippen molar-refractivity contribution in [3.05, 3.63) is 52.5 Å². The van der Waals surface area contributed by atoms with Crippen molar-refractivity contribution in [1.82, 2.24) is 4.98 Å². The van der Waals surface area contributed by atoms with Crippen LogP contribution in [0.1, 0.15) is 17.3 Å². The summed E-state index contributed by atoms with van der Waals surface area (Å²) in [5.74, 6) is 0.0373. The van der Waals surface area contributed by atoms with E-state index in [1.54, 1.807) is 13.0 Å². The molecule has 1 heterocycles. The molecule has 3 nitrogen and oxygen atoms in total. The second-order valence-corrected chi connectivity index (χ2v) is 6.13. The number of aromatic nitrogens is 1. The van der Waals surface area contributed by atoms with Crippen LogP contribution in [0, 0.1) is 0 Å². The molecule has 0 saturated carbocycles. The lowest BCUT2D eigenvalue weighted by Gasteiger charge is -2.02. The normalized spacial score (nSPS) is 10.9. The van der Waals surface area contributed by atoms with Gasteiger partial charge in [-0.15, -0.1) is 0 Å². The van der Waals surface area contributed by atoms with Crippen molar-refractivity contribution < 1.29 is 9.21 Å². The molecule has 3 rings (SSSR count). The van der Waals surface area contributed by atoms with E-state index >= 15 is 0 Å². The highest BCUT2D eigenvalue weighted by Crippen LogP contribution is 2.32. The molecule has 20 heavy (non-hydrogen) atoms. The first-order chi connectivity index (χ1) is 9.63. The third-order valence-electron chi connectivity index (χ3n) is 2.80. The Labute approximate surface area is 128 Å². The number of fused-ring (bicyclic) bond motifs is 1. The van der Waals surface area contributed by atoms with Crippen LogP contribution in [0.3, 0.4) is 0 Å². The monoisotopic (exact) mass is 347 g/mol. The molecule has 0 N–H and O–H groups in total.